The number of alkyl halides is 4. The second-order valence-corrected chi connectivity index (χ2v) is 3.44. The van der Waals surface area contributed by atoms with Crippen LogP contribution in [-0.4, -0.2) is 31.0 Å². The zero-order valence-electron chi connectivity index (χ0n) is 9.31. The number of pyridine rings is 1. The molecule has 3 nitrogen and oxygen atoms in total. The van der Waals surface area contributed by atoms with Crippen LogP contribution in [0.2, 0.25) is 0 Å². The maximum absolute atomic E-state index is 12.7. The lowest BCUT2D eigenvalue weighted by Crippen LogP contribution is -2.34. The molecule has 0 spiro atoms. The summed E-state index contributed by atoms with van der Waals surface area (Å²) in [5.74, 6) is -3.86. The fourth-order valence-corrected chi connectivity index (χ4v) is 1.14. The van der Waals surface area contributed by atoms with Gasteiger partial charge in [-0.1, -0.05) is 0 Å². The maximum atomic E-state index is 12.7. The molecule has 0 saturated heterocycles. The van der Waals surface area contributed by atoms with E-state index in [-0.39, 0.29) is 11.4 Å². The molecule has 1 N–H and O–H groups in total. The van der Waals surface area contributed by atoms with E-state index in [1.165, 1.54) is 19.4 Å². The summed E-state index contributed by atoms with van der Waals surface area (Å²) in [6.07, 6.45) is -2.37. The normalized spacial score (nSPS) is 11.7. The number of hydrogen-bond acceptors (Lipinski definition) is 3. The van der Waals surface area contributed by atoms with Crippen molar-refractivity contribution in [3.8, 4) is 5.75 Å². The topological polar surface area (TPSA) is 34.1 Å². The summed E-state index contributed by atoms with van der Waals surface area (Å²) in [7, 11) is 1.34. The van der Waals surface area contributed by atoms with Crippen molar-refractivity contribution in [2.45, 2.75) is 19.3 Å². The number of ether oxygens (including phenoxy) is 1. The van der Waals surface area contributed by atoms with Crippen molar-refractivity contribution in [2.75, 3.05) is 19.0 Å². The maximum Gasteiger partial charge on any atom is 0.324 e. The van der Waals surface area contributed by atoms with Crippen molar-refractivity contribution in [3.63, 3.8) is 0 Å². The SMILES string of the molecule is COc1cnc(C)cc1NCC(F)(F)C(F)F. The van der Waals surface area contributed by atoms with Gasteiger partial charge in [-0.25, -0.2) is 8.78 Å². The van der Waals surface area contributed by atoms with Crippen LogP contribution in [0.4, 0.5) is 23.2 Å². The molecule has 0 fully saturated rings. The van der Waals surface area contributed by atoms with E-state index < -0.39 is 18.9 Å². The third-order valence-electron chi connectivity index (χ3n) is 2.06. The summed E-state index contributed by atoms with van der Waals surface area (Å²) in [6.45, 7) is 0.486. The van der Waals surface area contributed by atoms with Crippen molar-refractivity contribution in [2.24, 2.45) is 0 Å². The van der Waals surface area contributed by atoms with E-state index in [4.69, 9.17) is 4.74 Å². The van der Waals surface area contributed by atoms with Gasteiger partial charge in [0.1, 0.15) is 0 Å². The second kappa shape index (κ2) is 5.20. The van der Waals surface area contributed by atoms with E-state index in [0.29, 0.717) is 5.69 Å². The largest absolute Gasteiger partial charge is 0.493 e. The van der Waals surface area contributed by atoms with E-state index in [0.717, 1.165) is 0 Å². The highest BCUT2D eigenvalue weighted by molar-refractivity contribution is 5.56. The first kappa shape index (κ1) is 13.5. The molecule has 1 heterocycles. The van der Waals surface area contributed by atoms with Crippen LogP contribution < -0.4 is 10.1 Å². The minimum Gasteiger partial charge on any atom is -0.493 e. The molecule has 0 aliphatic carbocycles. The Hall–Kier alpha value is -1.53. The Labute approximate surface area is 95.8 Å². The lowest BCUT2D eigenvalue weighted by molar-refractivity contribution is -0.117. The Morgan fingerprint density at radius 2 is 2.12 bits per heavy atom. The van der Waals surface area contributed by atoms with Crippen molar-refractivity contribution in [3.05, 3.63) is 18.0 Å². The van der Waals surface area contributed by atoms with E-state index in [2.05, 4.69) is 10.3 Å². The highest BCUT2D eigenvalue weighted by Crippen LogP contribution is 2.27. The highest BCUT2D eigenvalue weighted by Gasteiger charge is 2.40. The summed E-state index contributed by atoms with van der Waals surface area (Å²) >= 11 is 0. The fourth-order valence-electron chi connectivity index (χ4n) is 1.14. The lowest BCUT2D eigenvalue weighted by Gasteiger charge is -2.18. The number of rotatable bonds is 5. The number of aromatic nitrogens is 1. The molecule has 0 amide bonds. The number of hydrogen-bond donors (Lipinski definition) is 1. The Morgan fingerprint density at radius 1 is 1.47 bits per heavy atom. The molecule has 0 aliphatic heterocycles. The number of nitrogens with zero attached hydrogens (tertiary/aromatic N) is 1. The van der Waals surface area contributed by atoms with Gasteiger partial charge in [0.25, 0.3) is 0 Å². The first-order chi connectivity index (χ1) is 7.86. The van der Waals surface area contributed by atoms with E-state index in [1.54, 1.807) is 6.92 Å². The third-order valence-corrected chi connectivity index (χ3v) is 2.06. The number of methoxy groups -OCH3 is 1. The van der Waals surface area contributed by atoms with Crippen molar-refractivity contribution < 1.29 is 22.3 Å². The average Bonchev–Trinajstić information content (AvgIpc) is 2.26. The van der Waals surface area contributed by atoms with Gasteiger partial charge in [-0.05, 0) is 13.0 Å². The van der Waals surface area contributed by atoms with Crippen LogP contribution in [-0.2, 0) is 0 Å². The molecule has 0 atom stereocenters. The first-order valence-corrected chi connectivity index (χ1v) is 4.77. The van der Waals surface area contributed by atoms with Gasteiger partial charge in [0.05, 0.1) is 25.5 Å². The number of nitrogens with one attached hydrogen (secondary N) is 1. The smallest absolute Gasteiger partial charge is 0.324 e. The summed E-state index contributed by atoms with van der Waals surface area (Å²) < 4.78 is 54.2. The van der Waals surface area contributed by atoms with Crippen LogP contribution in [0.5, 0.6) is 5.75 Å². The zero-order valence-corrected chi connectivity index (χ0v) is 9.31. The van der Waals surface area contributed by atoms with Gasteiger partial charge in [-0.3, -0.25) is 4.98 Å². The Bertz CT molecular complexity index is 385. The van der Waals surface area contributed by atoms with Gasteiger partial charge < -0.3 is 10.1 Å². The van der Waals surface area contributed by atoms with Crippen LogP contribution in [0.15, 0.2) is 12.3 Å². The minimum atomic E-state index is -4.08. The molecule has 1 aromatic heterocycles. The molecule has 0 aliphatic rings. The van der Waals surface area contributed by atoms with Crippen LogP contribution in [0, 0.1) is 6.92 Å². The third kappa shape index (κ3) is 3.47. The summed E-state index contributed by atoms with van der Waals surface area (Å²) in [5.41, 5.74) is 0.772. The Morgan fingerprint density at radius 3 is 2.65 bits per heavy atom. The minimum absolute atomic E-state index is 0.209. The second-order valence-electron chi connectivity index (χ2n) is 3.44. The van der Waals surface area contributed by atoms with Gasteiger partial charge >= 0.3 is 12.3 Å². The van der Waals surface area contributed by atoms with Gasteiger partial charge in [0.15, 0.2) is 5.75 Å². The van der Waals surface area contributed by atoms with Gasteiger partial charge in [0, 0.05) is 5.69 Å². The molecular weight excluding hydrogens is 240 g/mol. The van der Waals surface area contributed by atoms with Crippen molar-refractivity contribution in [1.82, 2.24) is 4.98 Å². The molecule has 17 heavy (non-hydrogen) atoms. The monoisotopic (exact) mass is 252 g/mol. The molecule has 1 rings (SSSR count). The molecule has 0 bridgehead atoms. The summed E-state index contributed by atoms with van der Waals surface area (Å²) in [4.78, 5) is 3.89. The molecule has 1 aromatic rings. The molecule has 7 heteroatoms. The molecular formula is C10H12F4N2O. The molecule has 0 unspecified atom stereocenters. The number of halogens is 4. The van der Waals surface area contributed by atoms with E-state index in [9.17, 15) is 17.6 Å². The summed E-state index contributed by atoms with van der Waals surface area (Å²) in [5, 5.41) is 2.23. The van der Waals surface area contributed by atoms with Crippen molar-refractivity contribution in [1.29, 1.82) is 0 Å². The van der Waals surface area contributed by atoms with Crippen LogP contribution >= 0.6 is 0 Å². The van der Waals surface area contributed by atoms with Crippen molar-refractivity contribution >= 4 is 5.69 Å². The van der Waals surface area contributed by atoms with Gasteiger partial charge in [-0.15, -0.1) is 0 Å². The average molecular weight is 252 g/mol. The number of anilines is 1. The zero-order chi connectivity index (χ0) is 13.1. The summed E-state index contributed by atoms with van der Waals surface area (Å²) in [6, 6.07) is 1.44. The van der Waals surface area contributed by atoms with E-state index in [1.807, 2.05) is 0 Å². The van der Waals surface area contributed by atoms with Gasteiger partial charge in [0.2, 0.25) is 0 Å². The van der Waals surface area contributed by atoms with E-state index >= 15 is 0 Å². The predicted octanol–water partition coefficient (Wildman–Crippen LogP) is 2.71. The quantitative estimate of drug-likeness (QED) is 0.818. The molecule has 0 radical (unpaired) electrons. The van der Waals surface area contributed by atoms with Crippen LogP contribution in [0.3, 0.4) is 0 Å². The van der Waals surface area contributed by atoms with Crippen LogP contribution in [0.25, 0.3) is 0 Å². The van der Waals surface area contributed by atoms with Crippen LogP contribution in [0.1, 0.15) is 5.69 Å². The first-order valence-electron chi connectivity index (χ1n) is 4.77. The Kier molecular flexibility index (Phi) is 4.14. The Balaban J connectivity index is 2.78. The number of aryl methyl sites for hydroxylation is 1. The lowest BCUT2D eigenvalue weighted by atomic mass is 10.3. The molecule has 96 valence electrons. The van der Waals surface area contributed by atoms with Gasteiger partial charge in [-0.2, -0.15) is 8.78 Å². The predicted molar refractivity (Wildman–Crippen MR) is 55.0 cm³/mol. The molecule has 0 aromatic carbocycles. The molecule has 0 saturated carbocycles. The fraction of sp³-hybridized carbons (Fsp3) is 0.500. The highest BCUT2D eigenvalue weighted by atomic mass is 19.3. The standard InChI is InChI=1S/C10H12F4N2O/c1-6-3-7(8(17-2)4-15-6)16-5-10(13,14)9(11)12/h3-4,9H,5H2,1-2H3,(H,15,16).